The van der Waals surface area contributed by atoms with Crippen molar-refractivity contribution in [3.63, 3.8) is 0 Å². The van der Waals surface area contributed by atoms with Crippen LogP contribution in [-0.2, 0) is 33.5 Å². The van der Waals surface area contributed by atoms with Crippen molar-refractivity contribution in [1.29, 1.82) is 0 Å². The lowest BCUT2D eigenvalue weighted by atomic mass is 10.0. The van der Waals surface area contributed by atoms with Gasteiger partial charge in [-0.2, -0.15) is 13.2 Å². The summed E-state index contributed by atoms with van der Waals surface area (Å²) in [6.45, 7) is 4.08. The molecule has 1 unspecified atom stereocenters. The van der Waals surface area contributed by atoms with Gasteiger partial charge in [-0.15, -0.1) is 0 Å². The number of methoxy groups -OCH3 is 2. The fourth-order valence-electron chi connectivity index (χ4n) is 4.84. The van der Waals surface area contributed by atoms with E-state index in [1.165, 1.54) is 19.2 Å². The lowest BCUT2D eigenvalue weighted by Gasteiger charge is -2.38. The molecule has 13 heteroatoms. The summed E-state index contributed by atoms with van der Waals surface area (Å²) in [5, 5.41) is 9.22. The number of ether oxygens (including phenoxy) is 2. The van der Waals surface area contributed by atoms with Gasteiger partial charge in [-0.05, 0) is 55.4 Å². The van der Waals surface area contributed by atoms with Gasteiger partial charge >= 0.3 is 6.18 Å². The van der Waals surface area contributed by atoms with Crippen LogP contribution in [-0.4, -0.2) is 89.4 Å². The molecule has 0 spiro atoms. The standard InChI is InChI=1S/C29H39ClF3N5O4/c1-19(18-41-3)35-16-21-13-22(29(31,32)33)6-8-26(21)37-9-11-38(12-10-37)28(40)25(36-27(39)17-34-2)14-20-5-7-23(42-4)15-24(20)30/h5-8,13,15,19,25,34-35H,9-12,14,16-18H2,1-4H3,(H,36,39)/t19?,25-/m1/s1. The number of likely N-dealkylation sites (N-methyl/N-ethyl adjacent to an activating group) is 1. The van der Waals surface area contributed by atoms with Crippen LogP contribution in [0.2, 0.25) is 5.02 Å². The van der Waals surface area contributed by atoms with E-state index in [2.05, 4.69) is 16.0 Å². The molecule has 0 aromatic heterocycles. The molecule has 42 heavy (non-hydrogen) atoms. The molecule has 2 aromatic rings. The van der Waals surface area contributed by atoms with E-state index in [9.17, 15) is 22.8 Å². The van der Waals surface area contributed by atoms with Crippen LogP contribution in [0.15, 0.2) is 36.4 Å². The Morgan fingerprint density at radius 2 is 1.76 bits per heavy atom. The predicted octanol–water partition coefficient (Wildman–Crippen LogP) is 3.09. The van der Waals surface area contributed by atoms with E-state index in [1.807, 2.05) is 11.8 Å². The third-order valence-corrected chi connectivity index (χ3v) is 7.40. The molecule has 3 rings (SSSR count). The number of rotatable bonds is 13. The van der Waals surface area contributed by atoms with Gasteiger partial charge in [0.25, 0.3) is 0 Å². The zero-order valence-corrected chi connectivity index (χ0v) is 25.1. The molecule has 1 aliphatic heterocycles. The van der Waals surface area contributed by atoms with Crippen molar-refractivity contribution in [3.8, 4) is 5.75 Å². The summed E-state index contributed by atoms with van der Waals surface area (Å²) in [7, 11) is 4.73. The van der Waals surface area contributed by atoms with Gasteiger partial charge in [0.05, 0.1) is 25.8 Å². The SMILES string of the molecule is CNCC(=O)N[C@H](Cc1ccc(OC)cc1Cl)C(=O)N1CCN(c2ccc(C(F)(F)F)cc2CNC(C)COC)CC1. The molecule has 2 amide bonds. The molecule has 0 aliphatic carbocycles. The largest absolute Gasteiger partial charge is 0.497 e. The van der Waals surface area contributed by atoms with Gasteiger partial charge in [-0.1, -0.05) is 17.7 Å². The summed E-state index contributed by atoms with van der Waals surface area (Å²) in [5.41, 5.74) is 1.16. The average Bonchev–Trinajstić information content (AvgIpc) is 2.96. The molecule has 232 valence electrons. The minimum absolute atomic E-state index is 0.0433. The second-order valence-corrected chi connectivity index (χ2v) is 10.6. The van der Waals surface area contributed by atoms with Crippen molar-refractivity contribution >= 4 is 29.1 Å². The lowest BCUT2D eigenvalue weighted by Crippen LogP contribution is -2.56. The number of amides is 2. The number of alkyl halides is 3. The highest BCUT2D eigenvalue weighted by molar-refractivity contribution is 6.31. The number of nitrogens with zero attached hydrogens (tertiary/aromatic N) is 2. The maximum absolute atomic E-state index is 13.6. The first-order chi connectivity index (χ1) is 20.0. The molecular formula is C29H39ClF3N5O4. The van der Waals surface area contributed by atoms with Crippen LogP contribution in [0.5, 0.6) is 5.75 Å². The Labute approximate surface area is 249 Å². The molecular weight excluding hydrogens is 575 g/mol. The van der Waals surface area contributed by atoms with Crippen molar-refractivity contribution in [1.82, 2.24) is 20.9 Å². The van der Waals surface area contributed by atoms with E-state index in [0.717, 1.165) is 6.07 Å². The smallest absolute Gasteiger partial charge is 0.416 e. The van der Waals surface area contributed by atoms with Crippen LogP contribution in [0.3, 0.4) is 0 Å². The maximum atomic E-state index is 13.6. The predicted molar refractivity (Wildman–Crippen MR) is 156 cm³/mol. The van der Waals surface area contributed by atoms with Crippen LogP contribution in [0.1, 0.15) is 23.6 Å². The van der Waals surface area contributed by atoms with Gasteiger partial charge in [-0.3, -0.25) is 9.59 Å². The summed E-state index contributed by atoms with van der Waals surface area (Å²) in [4.78, 5) is 29.7. The Morgan fingerprint density at radius 3 is 2.36 bits per heavy atom. The van der Waals surface area contributed by atoms with E-state index in [-0.39, 0.29) is 37.4 Å². The van der Waals surface area contributed by atoms with Gasteiger partial charge in [0, 0.05) is 63.0 Å². The third kappa shape index (κ3) is 9.22. The summed E-state index contributed by atoms with van der Waals surface area (Å²) in [6, 6.07) is 7.99. The van der Waals surface area contributed by atoms with Crippen LogP contribution in [0, 0.1) is 0 Å². The van der Waals surface area contributed by atoms with Crippen LogP contribution in [0.25, 0.3) is 0 Å². The third-order valence-electron chi connectivity index (χ3n) is 7.05. The van der Waals surface area contributed by atoms with Crippen LogP contribution in [0.4, 0.5) is 18.9 Å². The molecule has 1 aliphatic rings. The molecule has 2 atom stereocenters. The van der Waals surface area contributed by atoms with E-state index in [4.69, 9.17) is 21.1 Å². The number of nitrogens with one attached hydrogen (secondary N) is 3. The summed E-state index contributed by atoms with van der Waals surface area (Å²) in [6.07, 6.45) is -4.28. The topological polar surface area (TPSA) is 95.2 Å². The second kappa shape index (κ2) is 15.4. The number of carbonyl (C=O) groups is 2. The van der Waals surface area contributed by atoms with E-state index in [1.54, 1.807) is 37.3 Å². The van der Waals surface area contributed by atoms with Crippen molar-refractivity contribution in [2.24, 2.45) is 0 Å². The first-order valence-corrected chi connectivity index (χ1v) is 14.1. The fraction of sp³-hybridized carbons (Fsp3) is 0.517. The number of carbonyl (C=O) groups excluding carboxylic acids is 2. The van der Waals surface area contributed by atoms with Gasteiger partial charge in [0.15, 0.2) is 0 Å². The van der Waals surface area contributed by atoms with Crippen LogP contribution >= 0.6 is 11.6 Å². The highest BCUT2D eigenvalue weighted by atomic mass is 35.5. The fourth-order valence-corrected chi connectivity index (χ4v) is 5.09. The van der Waals surface area contributed by atoms with E-state index in [0.29, 0.717) is 60.4 Å². The first-order valence-electron chi connectivity index (χ1n) is 13.7. The minimum Gasteiger partial charge on any atom is -0.497 e. The Kier molecular flexibility index (Phi) is 12.3. The van der Waals surface area contributed by atoms with Crippen LogP contribution < -0.4 is 25.6 Å². The maximum Gasteiger partial charge on any atom is 0.416 e. The first kappa shape index (κ1) is 33.4. The van der Waals surface area contributed by atoms with Gasteiger partial charge in [-0.25, -0.2) is 0 Å². The van der Waals surface area contributed by atoms with E-state index >= 15 is 0 Å². The number of hydrogen-bond donors (Lipinski definition) is 3. The number of piperazine rings is 1. The van der Waals surface area contributed by atoms with Crippen molar-refractivity contribution < 1.29 is 32.2 Å². The number of anilines is 1. The molecule has 0 bridgehead atoms. The summed E-state index contributed by atoms with van der Waals surface area (Å²) >= 11 is 6.42. The Bertz CT molecular complexity index is 1210. The van der Waals surface area contributed by atoms with Gasteiger partial charge in [0.2, 0.25) is 11.8 Å². The summed E-state index contributed by atoms with van der Waals surface area (Å²) < 4.78 is 50.8. The molecule has 0 radical (unpaired) electrons. The number of hydrogen-bond acceptors (Lipinski definition) is 7. The lowest BCUT2D eigenvalue weighted by molar-refractivity contribution is -0.137. The average molecular weight is 614 g/mol. The Balaban J connectivity index is 1.75. The number of halogens is 4. The normalized spacial score (nSPS) is 15.3. The molecule has 0 saturated carbocycles. The number of benzene rings is 2. The van der Waals surface area contributed by atoms with Gasteiger partial charge in [0.1, 0.15) is 11.8 Å². The molecule has 3 N–H and O–H groups in total. The van der Waals surface area contributed by atoms with E-state index < -0.39 is 17.8 Å². The quantitative estimate of drug-likeness (QED) is 0.320. The molecule has 9 nitrogen and oxygen atoms in total. The zero-order chi connectivity index (χ0) is 30.9. The highest BCUT2D eigenvalue weighted by Crippen LogP contribution is 2.33. The molecule has 1 fully saturated rings. The Hall–Kier alpha value is -3.06. The van der Waals surface area contributed by atoms with Crippen molar-refractivity contribution in [2.45, 2.75) is 38.1 Å². The monoisotopic (exact) mass is 613 g/mol. The highest BCUT2D eigenvalue weighted by Gasteiger charge is 2.33. The second-order valence-electron chi connectivity index (χ2n) is 10.2. The molecule has 1 saturated heterocycles. The zero-order valence-electron chi connectivity index (χ0n) is 24.3. The van der Waals surface area contributed by atoms with Gasteiger partial charge < -0.3 is 35.2 Å². The van der Waals surface area contributed by atoms with Crippen molar-refractivity contribution in [2.75, 3.05) is 65.5 Å². The minimum atomic E-state index is -4.46. The molecule has 2 aromatic carbocycles. The summed E-state index contributed by atoms with van der Waals surface area (Å²) in [5.74, 6) is -0.00892. The molecule has 1 heterocycles. The Morgan fingerprint density at radius 1 is 1.05 bits per heavy atom. The van der Waals surface area contributed by atoms with Crippen molar-refractivity contribution in [3.05, 3.63) is 58.1 Å².